The summed E-state index contributed by atoms with van der Waals surface area (Å²) in [5.74, 6) is 1.96. The summed E-state index contributed by atoms with van der Waals surface area (Å²) in [4.78, 5) is 4.14. The minimum atomic E-state index is -2.42. The number of alkyl halides is 2. The van der Waals surface area contributed by atoms with Gasteiger partial charge in [-0.1, -0.05) is 13.8 Å². The highest BCUT2D eigenvalue weighted by Gasteiger charge is 2.06. The molecule has 0 unspecified atom stereocenters. The molecule has 0 aliphatic carbocycles. The molecule has 0 aliphatic rings. The Morgan fingerprint density at radius 3 is 2.84 bits per heavy atom. The van der Waals surface area contributed by atoms with Gasteiger partial charge in [-0.3, -0.25) is 0 Å². The van der Waals surface area contributed by atoms with E-state index in [0.29, 0.717) is 24.0 Å². The minimum absolute atomic E-state index is 0.227. The fourth-order valence-electron chi connectivity index (χ4n) is 1.51. The third-order valence-corrected chi connectivity index (χ3v) is 2.41. The van der Waals surface area contributed by atoms with Crippen molar-refractivity contribution in [2.75, 3.05) is 26.3 Å². The molecule has 0 spiro atoms. The standard InChI is InChI=1S/C13H22F2N2O2/c1-10(2)7-16-5-3-13-17-8-11(19-13)4-6-18-9-12(14)15/h8,10,12,16H,3-7,9H2,1-2H3. The third-order valence-electron chi connectivity index (χ3n) is 2.41. The zero-order valence-electron chi connectivity index (χ0n) is 11.5. The molecule has 1 heterocycles. The number of oxazole rings is 1. The molecule has 0 radical (unpaired) electrons. The molecule has 0 atom stereocenters. The molecule has 1 rings (SSSR count). The number of hydrogen-bond donors (Lipinski definition) is 1. The predicted molar refractivity (Wildman–Crippen MR) is 68.4 cm³/mol. The minimum Gasteiger partial charge on any atom is -0.446 e. The van der Waals surface area contributed by atoms with Crippen LogP contribution in [0.1, 0.15) is 25.5 Å². The molecular formula is C13H22F2N2O2. The van der Waals surface area contributed by atoms with Gasteiger partial charge in [0.05, 0.1) is 12.8 Å². The van der Waals surface area contributed by atoms with Crippen molar-refractivity contribution < 1.29 is 17.9 Å². The lowest BCUT2D eigenvalue weighted by Gasteiger charge is -2.05. The first-order valence-corrected chi connectivity index (χ1v) is 6.58. The van der Waals surface area contributed by atoms with Crippen molar-refractivity contribution in [3.63, 3.8) is 0 Å². The molecule has 0 saturated heterocycles. The largest absolute Gasteiger partial charge is 0.446 e. The highest BCUT2D eigenvalue weighted by atomic mass is 19.3. The van der Waals surface area contributed by atoms with E-state index in [1.807, 2.05) is 0 Å². The maximum Gasteiger partial charge on any atom is 0.261 e. The van der Waals surface area contributed by atoms with Crippen LogP contribution in [0, 0.1) is 5.92 Å². The van der Waals surface area contributed by atoms with Gasteiger partial charge in [-0.15, -0.1) is 0 Å². The second-order valence-electron chi connectivity index (χ2n) is 4.78. The van der Waals surface area contributed by atoms with Crippen molar-refractivity contribution in [3.8, 4) is 0 Å². The van der Waals surface area contributed by atoms with E-state index < -0.39 is 13.0 Å². The van der Waals surface area contributed by atoms with Gasteiger partial charge < -0.3 is 14.5 Å². The van der Waals surface area contributed by atoms with E-state index in [2.05, 4.69) is 24.1 Å². The number of rotatable bonds is 10. The Morgan fingerprint density at radius 2 is 2.16 bits per heavy atom. The first-order valence-electron chi connectivity index (χ1n) is 6.58. The lowest BCUT2D eigenvalue weighted by atomic mass is 10.2. The van der Waals surface area contributed by atoms with Crippen LogP contribution in [0.3, 0.4) is 0 Å². The van der Waals surface area contributed by atoms with E-state index in [1.165, 1.54) is 0 Å². The molecule has 19 heavy (non-hydrogen) atoms. The maximum atomic E-state index is 11.8. The second kappa shape index (κ2) is 8.98. The zero-order valence-corrected chi connectivity index (χ0v) is 11.5. The van der Waals surface area contributed by atoms with E-state index in [4.69, 9.17) is 9.15 Å². The number of halogens is 2. The lowest BCUT2D eigenvalue weighted by molar-refractivity contribution is 0.0176. The van der Waals surface area contributed by atoms with Crippen LogP contribution in [0.15, 0.2) is 10.6 Å². The van der Waals surface area contributed by atoms with Gasteiger partial charge in [0.15, 0.2) is 5.89 Å². The number of ether oxygens (including phenoxy) is 1. The highest BCUT2D eigenvalue weighted by molar-refractivity contribution is 4.94. The molecule has 110 valence electrons. The molecular weight excluding hydrogens is 254 g/mol. The van der Waals surface area contributed by atoms with E-state index in [1.54, 1.807) is 6.20 Å². The van der Waals surface area contributed by atoms with Gasteiger partial charge in [-0.05, 0) is 12.5 Å². The van der Waals surface area contributed by atoms with Gasteiger partial charge >= 0.3 is 0 Å². The Hall–Kier alpha value is -1.01. The average molecular weight is 276 g/mol. The van der Waals surface area contributed by atoms with Gasteiger partial charge in [-0.2, -0.15) is 0 Å². The van der Waals surface area contributed by atoms with Crippen LogP contribution in [0.4, 0.5) is 8.78 Å². The summed E-state index contributed by atoms with van der Waals surface area (Å²) in [7, 11) is 0. The summed E-state index contributed by atoms with van der Waals surface area (Å²) in [5, 5.41) is 3.30. The summed E-state index contributed by atoms with van der Waals surface area (Å²) in [5.41, 5.74) is 0. The fraction of sp³-hybridized carbons (Fsp3) is 0.769. The van der Waals surface area contributed by atoms with Crippen molar-refractivity contribution in [2.24, 2.45) is 5.92 Å². The molecule has 0 saturated carbocycles. The van der Waals surface area contributed by atoms with Gasteiger partial charge in [0.25, 0.3) is 6.43 Å². The SMILES string of the molecule is CC(C)CNCCc1ncc(CCOCC(F)F)o1. The van der Waals surface area contributed by atoms with Crippen LogP contribution >= 0.6 is 0 Å². The summed E-state index contributed by atoms with van der Waals surface area (Å²) < 4.78 is 33.9. The Labute approximate surface area is 112 Å². The summed E-state index contributed by atoms with van der Waals surface area (Å²) in [6.07, 6.45) is 0.408. The molecule has 0 aromatic carbocycles. The Balaban J connectivity index is 2.14. The molecule has 0 aliphatic heterocycles. The average Bonchev–Trinajstić information content (AvgIpc) is 2.78. The Kier molecular flexibility index (Phi) is 7.59. The molecule has 0 amide bonds. The molecule has 1 aromatic rings. The zero-order chi connectivity index (χ0) is 14.1. The number of nitrogens with zero attached hydrogens (tertiary/aromatic N) is 1. The number of hydrogen-bond acceptors (Lipinski definition) is 4. The van der Waals surface area contributed by atoms with Crippen molar-refractivity contribution in [3.05, 3.63) is 17.8 Å². The molecule has 1 aromatic heterocycles. The monoisotopic (exact) mass is 276 g/mol. The fourth-order valence-corrected chi connectivity index (χ4v) is 1.51. The van der Waals surface area contributed by atoms with E-state index >= 15 is 0 Å². The van der Waals surface area contributed by atoms with Crippen LogP contribution in [-0.2, 0) is 17.6 Å². The molecule has 0 fully saturated rings. The van der Waals surface area contributed by atoms with E-state index in [-0.39, 0.29) is 6.61 Å². The van der Waals surface area contributed by atoms with Crippen molar-refractivity contribution >= 4 is 0 Å². The Morgan fingerprint density at radius 1 is 1.37 bits per heavy atom. The van der Waals surface area contributed by atoms with Crippen molar-refractivity contribution in [1.29, 1.82) is 0 Å². The molecule has 6 heteroatoms. The van der Waals surface area contributed by atoms with Crippen LogP contribution in [0.25, 0.3) is 0 Å². The van der Waals surface area contributed by atoms with Crippen LogP contribution in [0.5, 0.6) is 0 Å². The summed E-state index contributed by atoms with van der Waals surface area (Å²) >= 11 is 0. The summed E-state index contributed by atoms with van der Waals surface area (Å²) in [6.45, 7) is 5.78. The molecule has 1 N–H and O–H groups in total. The topological polar surface area (TPSA) is 47.3 Å². The molecule has 4 nitrogen and oxygen atoms in total. The highest BCUT2D eigenvalue weighted by Crippen LogP contribution is 2.05. The van der Waals surface area contributed by atoms with Crippen LogP contribution in [0.2, 0.25) is 0 Å². The van der Waals surface area contributed by atoms with Crippen LogP contribution in [-0.4, -0.2) is 37.7 Å². The van der Waals surface area contributed by atoms with Crippen LogP contribution < -0.4 is 5.32 Å². The van der Waals surface area contributed by atoms with E-state index in [9.17, 15) is 8.78 Å². The predicted octanol–water partition coefficient (Wildman–Crippen LogP) is 2.29. The van der Waals surface area contributed by atoms with Crippen molar-refractivity contribution in [1.82, 2.24) is 10.3 Å². The quantitative estimate of drug-likeness (QED) is 0.666. The van der Waals surface area contributed by atoms with E-state index in [0.717, 1.165) is 19.5 Å². The smallest absolute Gasteiger partial charge is 0.261 e. The van der Waals surface area contributed by atoms with Gasteiger partial charge in [0.2, 0.25) is 0 Å². The first kappa shape index (κ1) is 16.0. The first-order chi connectivity index (χ1) is 9.08. The number of nitrogens with one attached hydrogen (secondary N) is 1. The van der Waals surface area contributed by atoms with Gasteiger partial charge in [0.1, 0.15) is 12.4 Å². The third kappa shape index (κ3) is 7.89. The normalized spacial score (nSPS) is 11.7. The Bertz CT molecular complexity index is 313. The lowest BCUT2D eigenvalue weighted by Crippen LogP contribution is -2.22. The van der Waals surface area contributed by atoms with Gasteiger partial charge in [-0.25, -0.2) is 13.8 Å². The van der Waals surface area contributed by atoms with Gasteiger partial charge in [0, 0.05) is 19.4 Å². The maximum absolute atomic E-state index is 11.8. The molecule has 0 bridgehead atoms. The van der Waals surface area contributed by atoms with Crippen molar-refractivity contribution in [2.45, 2.75) is 33.1 Å². The second-order valence-corrected chi connectivity index (χ2v) is 4.78. The summed E-state index contributed by atoms with van der Waals surface area (Å²) in [6, 6.07) is 0. The number of aromatic nitrogens is 1.